The zero-order valence-electron chi connectivity index (χ0n) is 14.8. The molecule has 5 heteroatoms. The molecule has 0 atom stereocenters. The maximum atomic E-state index is 11.9. The zero-order chi connectivity index (χ0) is 16.4. The van der Waals surface area contributed by atoms with Gasteiger partial charge in [-0.1, -0.05) is 19.3 Å². The molecule has 1 rings (SSSR count). The Morgan fingerprint density at radius 2 is 1.82 bits per heavy atom. The highest BCUT2D eigenvalue weighted by Crippen LogP contribution is 2.25. The molecule has 22 heavy (non-hydrogen) atoms. The highest BCUT2D eigenvalue weighted by Gasteiger charge is 2.16. The van der Waals surface area contributed by atoms with Crippen LogP contribution in [0.15, 0.2) is 4.99 Å². The minimum atomic E-state index is -0.0226. The number of carbonyl (C=O) groups excluding carboxylic acids is 1. The van der Waals surface area contributed by atoms with Crippen LogP contribution in [-0.4, -0.2) is 37.0 Å². The molecule has 1 amide bonds. The quantitative estimate of drug-likeness (QED) is 0.401. The van der Waals surface area contributed by atoms with Crippen molar-refractivity contribution in [3.05, 3.63) is 0 Å². The van der Waals surface area contributed by atoms with Gasteiger partial charge in [0.2, 0.25) is 5.91 Å². The Kier molecular flexibility index (Phi) is 8.28. The Balaban J connectivity index is 2.25. The maximum absolute atomic E-state index is 11.9. The van der Waals surface area contributed by atoms with Crippen LogP contribution in [-0.2, 0) is 4.79 Å². The van der Waals surface area contributed by atoms with E-state index in [0.717, 1.165) is 12.5 Å². The van der Waals surface area contributed by atoms with Gasteiger partial charge in [0.1, 0.15) is 0 Å². The van der Waals surface area contributed by atoms with E-state index in [4.69, 9.17) is 0 Å². The second kappa shape index (κ2) is 9.70. The van der Waals surface area contributed by atoms with E-state index in [-0.39, 0.29) is 11.4 Å². The van der Waals surface area contributed by atoms with E-state index in [0.29, 0.717) is 25.4 Å². The fourth-order valence-electron chi connectivity index (χ4n) is 2.75. The molecule has 3 N–H and O–H groups in total. The van der Waals surface area contributed by atoms with Crippen molar-refractivity contribution in [2.45, 2.75) is 71.8 Å². The summed E-state index contributed by atoms with van der Waals surface area (Å²) in [6, 6.07) is 0. The summed E-state index contributed by atoms with van der Waals surface area (Å²) in [6.45, 7) is 10.4. The lowest BCUT2D eigenvalue weighted by molar-refractivity contribution is -0.122. The largest absolute Gasteiger partial charge is 0.357 e. The topological polar surface area (TPSA) is 65.5 Å². The molecule has 5 nitrogen and oxygen atoms in total. The highest BCUT2D eigenvalue weighted by molar-refractivity contribution is 5.80. The molecule has 1 fully saturated rings. The standard InChI is InChI=1S/C17H34N4O/c1-5-18-16(21-17(2,3)4)20-12-11-19-15(22)13-14-9-7-6-8-10-14/h14H,5-13H2,1-4H3,(H,19,22)(H2,18,20,21). The summed E-state index contributed by atoms with van der Waals surface area (Å²) in [6.07, 6.45) is 7.02. The van der Waals surface area contributed by atoms with Gasteiger partial charge in [0, 0.05) is 25.0 Å². The van der Waals surface area contributed by atoms with Crippen molar-refractivity contribution < 1.29 is 4.79 Å². The smallest absolute Gasteiger partial charge is 0.220 e. The zero-order valence-corrected chi connectivity index (χ0v) is 14.8. The first-order chi connectivity index (χ1) is 10.4. The lowest BCUT2D eigenvalue weighted by Crippen LogP contribution is -2.47. The average molecular weight is 310 g/mol. The van der Waals surface area contributed by atoms with Crippen molar-refractivity contribution in [3.8, 4) is 0 Å². The number of carbonyl (C=O) groups is 1. The van der Waals surface area contributed by atoms with Gasteiger partial charge in [-0.05, 0) is 46.5 Å². The van der Waals surface area contributed by atoms with Crippen LogP contribution in [0.3, 0.4) is 0 Å². The van der Waals surface area contributed by atoms with Gasteiger partial charge < -0.3 is 16.0 Å². The van der Waals surface area contributed by atoms with Gasteiger partial charge in [-0.2, -0.15) is 0 Å². The van der Waals surface area contributed by atoms with E-state index >= 15 is 0 Å². The Morgan fingerprint density at radius 1 is 1.14 bits per heavy atom. The van der Waals surface area contributed by atoms with Crippen molar-refractivity contribution in [2.75, 3.05) is 19.6 Å². The van der Waals surface area contributed by atoms with Crippen LogP contribution >= 0.6 is 0 Å². The molecule has 0 aromatic heterocycles. The van der Waals surface area contributed by atoms with E-state index < -0.39 is 0 Å². The molecule has 0 aliphatic heterocycles. The molecular weight excluding hydrogens is 276 g/mol. The van der Waals surface area contributed by atoms with Gasteiger partial charge >= 0.3 is 0 Å². The number of hydrogen-bond acceptors (Lipinski definition) is 2. The van der Waals surface area contributed by atoms with Crippen molar-refractivity contribution in [1.29, 1.82) is 0 Å². The second-order valence-electron chi connectivity index (χ2n) is 7.19. The Morgan fingerprint density at radius 3 is 2.41 bits per heavy atom. The lowest BCUT2D eigenvalue weighted by atomic mass is 9.87. The molecule has 0 aromatic rings. The van der Waals surface area contributed by atoms with Crippen LogP contribution in [0.4, 0.5) is 0 Å². The third-order valence-electron chi connectivity index (χ3n) is 3.74. The number of aliphatic imine (C=N–C) groups is 1. The third-order valence-corrected chi connectivity index (χ3v) is 3.74. The van der Waals surface area contributed by atoms with Crippen molar-refractivity contribution >= 4 is 11.9 Å². The molecule has 0 aromatic carbocycles. The Bertz CT molecular complexity index is 354. The molecule has 0 heterocycles. The average Bonchev–Trinajstić information content (AvgIpc) is 2.43. The van der Waals surface area contributed by atoms with E-state index in [1.807, 2.05) is 6.92 Å². The summed E-state index contributed by atoms with van der Waals surface area (Å²) in [7, 11) is 0. The summed E-state index contributed by atoms with van der Waals surface area (Å²) < 4.78 is 0. The first-order valence-corrected chi connectivity index (χ1v) is 8.74. The van der Waals surface area contributed by atoms with Crippen LogP contribution in [0.1, 0.15) is 66.2 Å². The monoisotopic (exact) mass is 310 g/mol. The summed E-state index contributed by atoms with van der Waals surface area (Å²) in [4.78, 5) is 16.4. The second-order valence-corrected chi connectivity index (χ2v) is 7.19. The van der Waals surface area contributed by atoms with Crippen molar-refractivity contribution in [2.24, 2.45) is 10.9 Å². The summed E-state index contributed by atoms with van der Waals surface area (Å²) >= 11 is 0. The van der Waals surface area contributed by atoms with Crippen LogP contribution in [0.25, 0.3) is 0 Å². The summed E-state index contributed by atoms with van der Waals surface area (Å²) in [5.74, 6) is 1.57. The van der Waals surface area contributed by atoms with Gasteiger partial charge in [0.05, 0.1) is 6.54 Å². The van der Waals surface area contributed by atoms with Gasteiger partial charge in [-0.25, -0.2) is 0 Å². The SMILES string of the molecule is CCNC(=NCCNC(=O)CC1CCCCC1)NC(C)(C)C. The van der Waals surface area contributed by atoms with Gasteiger partial charge in [0.25, 0.3) is 0 Å². The van der Waals surface area contributed by atoms with E-state index in [1.165, 1.54) is 32.1 Å². The Hall–Kier alpha value is -1.26. The van der Waals surface area contributed by atoms with Crippen LogP contribution in [0.2, 0.25) is 0 Å². The number of nitrogens with zero attached hydrogens (tertiary/aromatic N) is 1. The molecule has 0 bridgehead atoms. The number of rotatable bonds is 6. The van der Waals surface area contributed by atoms with Crippen molar-refractivity contribution in [3.63, 3.8) is 0 Å². The molecule has 0 spiro atoms. The summed E-state index contributed by atoms with van der Waals surface area (Å²) in [5.41, 5.74) is -0.0226. The predicted octanol–water partition coefficient (Wildman–Crippen LogP) is 2.43. The minimum absolute atomic E-state index is 0.0226. The van der Waals surface area contributed by atoms with E-state index in [1.54, 1.807) is 0 Å². The molecule has 1 aliphatic rings. The highest BCUT2D eigenvalue weighted by atomic mass is 16.1. The molecule has 0 radical (unpaired) electrons. The fraction of sp³-hybridized carbons (Fsp3) is 0.882. The van der Waals surface area contributed by atoms with Crippen LogP contribution < -0.4 is 16.0 Å². The van der Waals surface area contributed by atoms with Crippen LogP contribution in [0.5, 0.6) is 0 Å². The number of guanidine groups is 1. The van der Waals surface area contributed by atoms with Crippen molar-refractivity contribution in [1.82, 2.24) is 16.0 Å². The van der Waals surface area contributed by atoms with Gasteiger partial charge in [-0.15, -0.1) is 0 Å². The predicted molar refractivity (Wildman–Crippen MR) is 93.1 cm³/mol. The number of hydrogen-bond donors (Lipinski definition) is 3. The number of nitrogens with one attached hydrogen (secondary N) is 3. The molecule has 0 unspecified atom stereocenters. The molecule has 1 aliphatic carbocycles. The van der Waals surface area contributed by atoms with E-state index in [2.05, 4.69) is 41.7 Å². The normalized spacial score (nSPS) is 17.2. The maximum Gasteiger partial charge on any atom is 0.220 e. The lowest BCUT2D eigenvalue weighted by Gasteiger charge is -2.23. The van der Waals surface area contributed by atoms with Gasteiger partial charge in [-0.3, -0.25) is 9.79 Å². The Labute approximate surface area is 135 Å². The minimum Gasteiger partial charge on any atom is -0.357 e. The summed E-state index contributed by atoms with van der Waals surface area (Å²) in [5, 5.41) is 9.54. The molecule has 0 saturated heterocycles. The molecule has 1 saturated carbocycles. The first kappa shape index (κ1) is 18.8. The third kappa shape index (κ3) is 8.90. The first-order valence-electron chi connectivity index (χ1n) is 8.74. The molecular formula is C17H34N4O. The fourth-order valence-corrected chi connectivity index (χ4v) is 2.75. The number of amides is 1. The van der Waals surface area contributed by atoms with Crippen LogP contribution in [0, 0.1) is 5.92 Å². The van der Waals surface area contributed by atoms with Gasteiger partial charge in [0.15, 0.2) is 5.96 Å². The molecule has 128 valence electrons. The van der Waals surface area contributed by atoms with E-state index in [9.17, 15) is 4.79 Å².